The van der Waals surface area contributed by atoms with Crippen molar-refractivity contribution in [3.63, 3.8) is 0 Å². The Morgan fingerprint density at radius 2 is 1.86 bits per heavy atom. The fourth-order valence-electron chi connectivity index (χ4n) is 1.95. The maximum atomic E-state index is 11.8. The molecule has 0 atom stereocenters. The van der Waals surface area contributed by atoms with Gasteiger partial charge in [0.25, 0.3) is 0 Å². The van der Waals surface area contributed by atoms with E-state index in [1.165, 1.54) is 7.11 Å². The molecule has 0 bridgehead atoms. The number of methoxy groups -OCH3 is 1. The van der Waals surface area contributed by atoms with E-state index in [-0.39, 0.29) is 11.9 Å². The molecule has 1 N–H and O–H groups in total. The van der Waals surface area contributed by atoms with E-state index < -0.39 is 0 Å². The molecule has 1 aromatic rings. The Bertz CT molecular complexity index is 434. The zero-order valence-electron chi connectivity index (χ0n) is 12.8. The second-order valence-electron chi connectivity index (χ2n) is 4.93. The summed E-state index contributed by atoms with van der Waals surface area (Å²) in [6.07, 6.45) is 3.02. The Kier molecular flexibility index (Phi) is 7.94. The summed E-state index contributed by atoms with van der Waals surface area (Å²) in [6, 6.07) is 9.79. The molecular formula is C16H24N2O3. The lowest BCUT2D eigenvalue weighted by Crippen LogP contribution is -2.35. The maximum Gasteiger partial charge on any atom is 0.305 e. The predicted molar refractivity (Wildman–Crippen MR) is 83.2 cm³/mol. The van der Waals surface area contributed by atoms with Crippen LogP contribution in [0, 0.1) is 0 Å². The summed E-state index contributed by atoms with van der Waals surface area (Å²) in [5, 5.41) is 2.89. The van der Waals surface area contributed by atoms with Crippen LogP contribution in [0.4, 0.5) is 5.69 Å². The second kappa shape index (κ2) is 9.80. The number of rotatable bonds is 9. The van der Waals surface area contributed by atoms with Crippen molar-refractivity contribution in [3.8, 4) is 0 Å². The lowest BCUT2D eigenvalue weighted by molar-refractivity contribution is -0.140. The third kappa shape index (κ3) is 7.34. The van der Waals surface area contributed by atoms with Gasteiger partial charge in [0.1, 0.15) is 0 Å². The normalized spacial score (nSPS) is 10.0. The Hall–Kier alpha value is -2.04. The summed E-state index contributed by atoms with van der Waals surface area (Å²) in [6.45, 7) is 0.981. The van der Waals surface area contributed by atoms with E-state index in [0.29, 0.717) is 19.5 Å². The number of amides is 1. The number of hydrogen-bond donors (Lipinski definition) is 1. The van der Waals surface area contributed by atoms with Gasteiger partial charge >= 0.3 is 5.97 Å². The van der Waals surface area contributed by atoms with Gasteiger partial charge in [-0.15, -0.1) is 0 Å². The fraction of sp³-hybridized carbons (Fsp3) is 0.500. The number of unbranched alkanes of at least 4 members (excludes halogenated alkanes) is 2. The van der Waals surface area contributed by atoms with Crippen LogP contribution in [0.2, 0.25) is 0 Å². The summed E-state index contributed by atoms with van der Waals surface area (Å²) >= 11 is 0. The average molecular weight is 292 g/mol. The zero-order chi connectivity index (χ0) is 15.5. The van der Waals surface area contributed by atoms with E-state index in [4.69, 9.17) is 0 Å². The molecule has 1 rings (SSSR count). The summed E-state index contributed by atoms with van der Waals surface area (Å²) < 4.78 is 4.57. The van der Waals surface area contributed by atoms with Crippen LogP contribution in [-0.2, 0) is 14.3 Å². The minimum absolute atomic E-state index is 0.00863. The number of carbonyl (C=O) groups excluding carboxylic acids is 2. The molecule has 0 fully saturated rings. The monoisotopic (exact) mass is 292 g/mol. The summed E-state index contributed by atoms with van der Waals surface area (Å²) in [5.41, 5.74) is 1.02. The molecule has 0 heterocycles. The van der Waals surface area contributed by atoms with Crippen LogP contribution in [-0.4, -0.2) is 39.1 Å². The predicted octanol–water partition coefficient (Wildman–Crippen LogP) is 1.97. The number of anilines is 1. The van der Waals surface area contributed by atoms with Crippen molar-refractivity contribution < 1.29 is 14.3 Å². The molecule has 1 amide bonds. The Morgan fingerprint density at radius 1 is 1.14 bits per heavy atom. The highest BCUT2D eigenvalue weighted by Gasteiger charge is 2.06. The van der Waals surface area contributed by atoms with Gasteiger partial charge in [-0.05, 0) is 25.0 Å². The van der Waals surface area contributed by atoms with Crippen LogP contribution in [0.1, 0.15) is 25.7 Å². The highest BCUT2D eigenvalue weighted by atomic mass is 16.5. The SMILES string of the molecule is COC(=O)CCCCCNC(=O)CN(C)c1ccccc1. The first-order chi connectivity index (χ1) is 10.1. The van der Waals surface area contributed by atoms with Gasteiger partial charge < -0.3 is 15.0 Å². The molecule has 0 aliphatic carbocycles. The Morgan fingerprint density at radius 3 is 2.52 bits per heavy atom. The van der Waals surface area contributed by atoms with Gasteiger partial charge in [-0.2, -0.15) is 0 Å². The molecule has 5 heteroatoms. The first-order valence-electron chi connectivity index (χ1n) is 7.23. The topological polar surface area (TPSA) is 58.6 Å². The van der Waals surface area contributed by atoms with Crippen LogP contribution in [0.25, 0.3) is 0 Å². The molecule has 0 saturated heterocycles. The molecule has 1 aromatic carbocycles. The van der Waals surface area contributed by atoms with Crippen molar-refractivity contribution in [2.75, 3.05) is 32.1 Å². The van der Waals surface area contributed by atoms with Crippen molar-refractivity contribution >= 4 is 17.6 Å². The minimum Gasteiger partial charge on any atom is -0.469 e. The van der Waals surface area contributed by atoms with Crippen LogP contribution in [0.3, 0.4) is 0 Å². The summed E-state index contributed by atoms with van der Waals surface area (Å²) in [5.74, 6) is -0.169. The standard InChI is InChI=1S/C16H24N2O3/c1-18(14-9-5-3-6-10-14)13-15(19)17-12-8-4-7-11-16(20)21-2/h3,5-6,9-10H,4,7-8,11-13H2,1-2H3,(H,17,19). The van der Waals surface area contributed by atoms with Crippen molar-refractivity contribution in [2.45, 2.75) is 25.7 Å². The van der Waals surface area contributed by atoms with E-state index >= 15 is 0 Å². The highest BCUT2D eigenvalue weighted by Crippen LogP contribution is 2.09. The van der Waals surface area contributed by atoms with Crippen molar-refractivity contribution in [1.29, 1.82) is 0 Å². The first kappa shape index (κ1) is 17.0. The Balaban J connectivity index is 2.10. The molecule has 0 aliphatic heterocycles. The molecule has 21 heavy (non-hydrogen) atoms. The number of nitrogens with one attached hydrogen (secondary N) is 1. The van der Waals surface area contributed by atoms with Crippen LogP contribution >= 0.6 is 0 Å². The van der Waals surface area contributed by atoms with E-state index in [2.05, 4.69) is 10.1 Å². The lowest BCUT2D eigenvalue weighted by atomic mass is 10.2. The number of benzene rings is 1. The fourth-order valence-corrected chi connectivity index (χ4v) is 1.95. The number of ether oxygens (including phenoxy) is 1. The smallest absolute Gasteiger partial charge is 0.305 e. The number of hydrogen-bond acceptors (Lipinski definition) is 4. The zero-order valence-corrected chi connectivity index (χ0v) is 12.8. The average Bonchev–Trinajstić information content (AvgIpc) is 2.51. The number of nitrogens with zero attached hydrogens (tertiary/aromatic N) is 1. The molecule has 0 aromatic heterocycles. The molecule has 0 spiro atoms. The molecule has 116 valence electrons. The largest absolute Gasteiger partial charge is 0.469 e. The number of carbonyl (C=O) groups is 2. The number of para-hydroxylation sites is 1. The second-order valence-corrected chi connectivity index (χ2v) is 4.93. The van der Waals surface area contributed by atoms with E-state index in [1.54, 1.807) is 0 Å². The third-order valence-electron chi connectivity index (χ3n) is 3.19. The molecule has 0 radical (unpaired) electrons. The number of esters is 1. The Labute approximate surface area is 126 Å². The number of likely N-dealkylation sites (N-methyl/N-ethyl adjacent to an activating group) is 1. The molecule has 5 nitrogen and oxygen atoms in total. The van der Waals surface area contributed by atoms with Crippen LogP contribution < -0.4 is 10.2 Å². The van der Waals surface area contributed by atoms with Crippen LogP contribution in [0.15, 0.2) is 30.3 Å². The van der Waals surface area contributed by atoms with Gasteiger partial charge in [0.05, 0.1) is 13.7 Å². The van der Waals surface area contributed by atoms with Gasteiger partial charge in [0.2, 0.25) is 5.91 Å². The quantitative estimate of drug-likeness (QED) is 0.558. The van der Waals surface area contributed by atoms with E-state index in [9.17, 15) is 9.59 Å². The van der Waals surface area contributed by atoms with Gasteiger partial charge in [0.15, 0.2) is 0 Å². The molecule has 0 unspecified atom stereocenters. The van der Waals surface area contributed by atoms with Crippen molar-refractivity contribution in [1.82, 2.24) is 5.32 Å². The lowest BCUT2D eigenvalue weighted by Gasteiger charge is -2.18. The van der Waals surface area contributed by atoms with Crippen molar-refractivity contribution in [2.24, 2.45) is 0 Å². The maximum absolute atomic E-state index is 11.8. The third-order valence-corrected chi connectivity index (χ3v) is 3.19. The summed E-state index contributed by atoms with van der Waals surface area (Å²) in [4.78, 5) is 24.6. The molecule has 0 aliphatic rings. The van der Waals surface area contributed by atoms with E-state index in [0.717, 1.165) is 24.9 Å². The highest BCUT2D eigenvalue weighted by molar-refractivity contribution is 5.81. The van der Waals surface area contributed by atoms with Gasteiger partial charge in [-0.25, -0.2) is 0 Å². The van der Waals surface area contributed by atoms with E-state index in [1.807, 2.05) is 42.3 Å². The molecule has 0 saturated carbocycles. The summed E-state index contributed by atoms with van der Waals surface area (Å²) in [7, 11) is 3.29. The molecular weight excluding hydrogens is 268 g/mol. The van der Waals surface area contributed by atoms with Gasteiger partial charge in [0, 0.05) is 25.7 Å². The van der Waals surface area contributed by atoms with Crippen molar-refractivity contribution in [3.05, 3.63) is 30.3 Å². The van der Waals surface area contributed by atoms with Gasteiger partial charge in [-0.1, -0.05) is 24.6 Å². The van der Waals surface area contributed by atoms with Gasteiger partial charge in [-0.3, -0.25) is 9.59 Å². The minimum atomic E-state index is -0.177. The first-order valence-corrected chi connectivity index (χ1v) is 7.23. The van der Waals surface area contributed by atoms with Crippen LogP contribution in [0.5, 0.6) is 0 Å².